The first-order valence-corrected chi connectivity index (χ1v) is 11.1. The number of hydrogen-bond donors (Lipinski definition) is 2. The zero-order valence-electron chi connectivity index (χ0n) is 17.7. The van der Waals surface area contributed by atoms with Gasteiger partial charge in [0.2, 0.25) is 5.01 Å². The van der Waals surface area contributed by atoms with Gasteiger partial charge in [-0.05, 0) is 49.4 Å². The van der Waals surface area contributed by atoms with Crippen LogP contribution in [0.4, 0.5) is 10.5 Å². The molecule has 2 N–H and O–H groups in total. The summed E-state index contributed by atoms with van der Waals surface area (Å²) in [5.41, 5.74) is 0.666. The van der Waals surface area contributed by atoms with Gasteiger partial charge in [-0.25, -0.2) is 4.79 Å². The highest BCUT2D eigenvalue weighted by atomic mass is 32.1. The summed E-state index contributed by atoms with van der Waals surface area (Å²) in [6, 6.07) is 7.08. The summed E-state index contributed by atoms with van der Waals surface area (Å²) in [5, 5.41) is 15.3. The van der Waals surface area contributed by atoms with Crippen molar-refractivity contribution in [2.45, 2.75) is 39.0 Å². The molecule has 8 nitrogen and oxygen atoms in total. The number of amides is 3. The minimum Gasteiger partial charge on any atom is -0.497 e. The summed E-state index contributed by atoms with van der Waals surface area (Å²) in [6.07, 6.45) is 2.81. The van der Waals surface area contributed by atoms with Crippen LogP contribution in [0.3, 0.4) is 0 Å². The van der Waals surface area contributed by atoms with Crippen LogP contribution in [0.1, 0.15) is 53.8 Å². The maximum atomic E-state index is 12.5. The second kappa shape index (κ2) is 10.4. The van der Waals surface area contributed by atoms with Gasteiger partial charge in [-0.15, -0.1) is 10.2 Å². The molecule has 2 aromatic rings. The van der Waals surface area contributed by atoms with Crippen LogP contribution in [0.5, 0.6) is 5.75 Å². The monoisotopic (exact) mass is 431 g/mol. The number of likely N-dealkylation sites (tertiary alicyclic amines) is 1. The van der Waals surface area contributed by atoms with E-state index in [0.717, 1.165) is 36.6 Å². The van der Waals surface area contributed by atoms with E-state index in [4.69, 9.17) is 4.74 Å². The van der Waals surface area contributed by atoms with Gasteiger partial charge in [0, 0.05) is 31.2 Å². The molecular weight excluding hydrogens is 402 g/mol. The molecule has 0 unspecified atom stereocenters. The lowest BCUT2D eigenvalue weighted by Gasteiger charge is -2.31. The van der Waals surface area contributed by atoms with Gasteiger partial charge in [0.15, 0.2) is 0 Å². The van der Waals surface area contributed by atoms with Crippen molar-refractivity contribution in [3.8, 4) is 5.75 Å². The number of anilines is 1. The van der Waals surface area contributed by atoms with Gasteiger partial charge in [-0.3, -0.25) is 4.79 Å². The average Bonchev–Trinajstić information content (AvgIpc) is 3.24. The molecule has 9 heteroatoms. The SMILES string of the molecule is COc1ccc(NC(=O)c2nnc([C@@H]3CCCN(C(=O)NCCC(C)C)C3)s2)cc1. The molecule has 1 aliphatic heterocycles. The van der Waals surface area contributed by atoms with Crippen LogP contribution < -0.4 is 15.4 Å². The molecule has 1 aromatic heterocycles. The molecule has 1 aliphatic rings. The third-order valence-electron chi connectivity index (χ3n) is 5.04. The van der Waals surface area contributed by atoms with E-state index < -0.39 is 0 Å². The van der Waals surface area contributed by atoms with Gasteiger partial charge in [-0.1, -0.05) is 25.2 Å². The number of piperidine rings is 1. The summed E-state index contributed by atoms with van der Waals surface area (Å²) >= 11 is 1.29. The van der Waals surface area contributed by atoms with E-state index >= 15 is 0 Å². The summed E-state index contributed by atoms with van der Waals surface area (Å²) in [4.78, 5) is 26.8. The Balaban J connectivity index is 1.56. The number of urea groups is 1. The first-order chi connectivity index (χ1) is 14.5. The predicted molar refractivity (Wildman–Crippen MR) is 117 cm³/mol. The number of aromatic nitrogens is 2. The lowest BCUT2D eigenvalue weighted by Crippen LogP contribution is -2.45. The number of ether oxygens (including phenoxy) is 1. The minimum atomic E-state index is -0.289. The third-order valence-corrected chi connectivity index (χ3v) is 6.12. The number of carbonyl (C=O) groups is 2. The van der Waals surface area contributed by atoms with E-state index in [1.165, 1.54) is 11.3 Å². The number of benzene rings is 1. The number of methoxy groups -OCH3 is 1. The van der Waals surface area contributed by atoms with E-state index in [-0.39, 0.29) is 17.9 Å². The van der Waals surface area contributed by atoms with Gasteiger partial charge in [0.05, 0.1) is 7.11 Å². The lowest BCUT2D eigenvalue weighted by molar-refractivity contribution is 0.102. The van der Waals surface area contributed by atoms with E-state index in [1.54, 1.807) is 31.4 Å². The molecule has 1 fully saturated rings. The highest BCUT2D eigenvalue weighted by molar-refractivity contribution is 7.13. The standard InChI is InChI=1S/C21H29N5O3S/c1-14(2)10-11-22-21(28)26-12-4-5-15(13-26)19-24-25-20(30-19)18(27)23-16-6-8-17(29-3)9-7-16/h6-9,14-15H,4-5,10-13H2,1-3H3,(H,22,28)(H,23,27)/t15-/m1/s1. The quantitative estimate of drug-likeness (QED) is 0.696. The maximum absolute atomic E-state index is 12.5. The van der Waals surface area contributed by atoms with E-state index in [0.29, 0.717) is 29.7 Å². The summed E-state index contributed by atoms with van der Waals surface area (Å²) < 4.78 is 5.12. The van der Waals surface area contributed by atoms with Crippen molar-refractivity contribution in [3.63, 3.8) is 0 Å². The maximum Gasteiger partial charge on any atom is 0.317 e. The molecule has 0 radical (unpaired) electrons. The Bertz CT molecular complexity index is 853. The zero-order chi connectivity index (χ0) is 21.5. The second-order valence-electron chi connectivity index (χ2n) is 7.83. The molecule has 0 saturated carbocycles. The zero-order valence-corrected chi connectivity index (χ0v) is 18.5. The van der Waals surface area contributed by atoms with E-state index in [2.05, 4.69) is 34.7 Å². The van der Waals surface area contributed by atoms with Crippen molar-refractivity contribution in [1.29, 1.82) is 0 Å². The molecule has 1 saturated heterocycles. The number of carbonyl (C=O) groups excluding carboxylic acids is 2. The average molecular weight is 432 g/mol. The van der Waals surface area contributed by atoms with Crippen molar-refractivity contribution in [2.75, 3.05) is 32.1 Å². The highest BCUT2D eigenvalue weighted by Crippen LogP contribution is 2.29. The molecule has 3 rings (SSSR count). The molecule has 30 heavy (non-hydrogen) atoms. The van der Waals surface area contributed by atoms with Crippen LogP contribution in [0, 0.1) is 5.92 Å². The fourth-order valence-corrected chi connectivity index (χ4v) is 4.16. The Morgan fingerprint density at radius 2 is 2.03 bits per heavy atom. The van der Waals surface area contributed by atoms with E-state index in [9.17, 15) is 9.59 Å². The number of hydrogen-bond acceptors (Lipinski definition) is 6. The van der Waals surface area contributed by atoms with Crippen molar-refractivity contribution < 1.29 is 14.3 Å². The number of nitrogens with one attached hydrogen (secondary N) is 2. The molecule has 1 aromatic carbocycles. The summed E-state index contributed by atoms with van der Waals surface area (Å²) in [5.74, 6) is 1.10. The Labute approximate surface area is 181 Å². The Morgan fingerprint density at radius 1 is 1.27 bits per heavy atom. The van der Waals surface area contributed by atoms with Crippen LogP contribution >= 0.6 is 11.3 Å². The smallest absolute Gasteiger partial charge is 0.317 e. The fourth-order valence-electron chi connectivity index (χ4n) is 3.29. The molecule has 0 bridgehead atoms. The Hall–Kier alpha value is -2.68. The molecule has 3 amide bonds. The second-order valence-corrected chi connectivity index (χ2v) is 8.84. The topological polar surface area (TPSA) is 96.4 Å². The molecule has 0 spiro atoms. The molecule has 0 aliphatic carbocycles. The van der Waals surface area contributed by atoms with Crippen LogP contribution in [-0.2, 0) is 0 Å². The van der Waals surface area contributed by atoms with Crippen LogP contribution in [0.2, 0.25) is 0 Å². The van der Waals surface area contributed by atoms with Crippen LogP contribution in [0.15, 0.2) is 24.3 Å². The summed E-state index contributed by atoms with van der Waals surface area (Å²) in [7, 11) is 1.60. The minimum absolute atomic E-state index is 0.0256. The van der Waals surface area contributed by atoms with Crippen molar-refractivity contribution in [1.82, 2.24) is 20.4 Å². The molecule has 1 atom stereocenters. The first-order valence-electron chi connectivity index (χ1n) is 10.3. The first kappa shape index (κ1) is 22.0. The fraction of sp³-hybridized carbons (Fsp3) is 0.524. The molecule has 162 valence electrons. The normalized spacial score (nSPS) is 16.4. The van der Waals surface area contributed by atoms with Gasteiger partial charge in [0.1, 0.15) is 10.8 Å². The predicted octanol–water partition coefficient (Wildman–Crippen LogP) is 3.73. The van der Waals surface area contributed by atoms with Gasteiger partial charge in [-0.2, -0.15) is 0 Å². The van der Waals surface area contributed by atoms with Gasteiger partial charge >= 0.3 is 6.03 Å². The molecule has 2 heterocycles. The van der Waals surface area contributed by atoms with Crippen molar-refractivity contribution in [2.24, 2.45) is 5.92 Å². The number of rotatable bonds is 7. The summed E-state index contributed by atoms with van der Waals surface area (Å²) in [6.45, 7) is 6.31. The lowest BCUT2D eigenvalue weighted by atomic mass is 9.99. The Morgan fingerprint density at radius 3 is 2.73 bits per heavy atom. The highest BCUT2D eigenvalue weighted by Gasteiger charge is 2.28. The van der Waals surface area contributed by atoms with Crippen LogP contribution in [0.25, 0.3) is 0 Å². The third kappa shape index (κ3) is 5.91. The van der Waals surface area contributed by atoms with Crippen LogP contribution in [-0.4, -0.2) is 53.8 Å². The Kier molecular flexibility index (Phi) is 7.62. The van der Waals surface area contributed by atoms with E-state index in [1.807, 2.05) is 4.90 Å². The van der Waals surface area contributed by atoms with Crippen molar-refractivity contribution in [3.05, 3.63) is 34.3 Å². The largest absolute Gasteiger partial charge is 0.497 e. The van der Waals surface area contributed by atoms with Crippen molar-refractivity contribution >= 4 is 29.0 Å². The van der Waals surface area contributed by atoms with Gasteiger partial charge < -0.3 is 20.3 Å². The number of nitrogens with zero attached hydrogens (tertiary/aromatic N) is 3. The van der Waals surface area contributed by atoms with Gasteiger partial charge in [0.25, 0.3) is 5.91 Å². The molecular formula is C21H29N5O3S.